The molecular weight excluding hydrogens is 310 g/mol. The molecule has 0 saturated heterocycles. The third-order valence-electron chi connectivity index (χ3n) is 2.67. The summed E-state index contributed by atoms with van der Waals surface area (Å²) in [5.74, 6) is 8.12. The van der Waals surface area contributed by atoms with E-state index in [-0.39, 0.29) is 0 Å². The minimum Gasteiger partial charge on any atom is -0.493 e. The number of ether oxygens (including phenoxy) is 3. The molecule has 0 atom stereocenters. The average molecular weight is 324 g/mol. The Hall–Kier alpha value is -1.90. The summed E-state index contributed by atoms with van der Waals surface area (Å²) < 4.78 is 15.9. The molecule has 1 aromatic carbocycles. The average Bonchev–Trinajstić information content (AvgIpc) is 2.99. The molecule has 2 aromatic rings. The first-order valence-corrected chi connectivity index (χ1v) is 7.45. The summed E-state index contributed by atoms with van der Waals surface area (Å²) in [5, 5.41) is 2.62. The fourth-order valence-electron chi connectivity index (χ4n) is 1.70. The number of alkyl halides is 1. The van der Waals surface area contributed by atoms with Crippen LogP contribution in [0.5, 0.6) is 17.2 Å². The van der Waals surface area contributed by atoms with Crippen LogP contribution in [-0.2, 0) is 5.88 Å². The molecule has 6 heteroatoms. The summed E-state index contributed by atoms with van der Waals surface area (Å²) in [6, 6.07) is 3.59. The van der Waals surface area contributed by atoms with Crippen molar-refractivity contribution in [1.29, 1.82) is 0 Å². The monoisotopic (exact) mass is 323 g/mol. The van der Waals surface area contributed by atoms with E-state index in [0.717, 1.165) is 16.3 Å². The Morgan fingerprint density at radius 1 is 1.10 bits per heavy atom. The van der Waals surface area contributed by atoms with E-state index in [0.29, 0.717) is 23.1 Å². The molecule has 1 aromatic heterocycles. The molecule has 0 aliphatic heterocycles. The van der Waals surface area contributed by atoms with Crippen molar-refractivity contribution in [3.8, 4) is 29.1 Å². The number of thiazole rings is 1. The molecule has 0 unspecified atom stereocenters. The number of halogens is 1. The van der Waals surface area contributed by atoms with Crippen LogP contribution in [0, 0.1) is 11.8 Å². The zero-order valence-electron chi connectivity index (χ0n) is 11.9. The van der Waals surface area contributed by atoms with Crippen LogP contribution in [0.1, 0.15) is 16.3 Å². The van der Waals surface area contributed by atoms with Gasteiger partial charge in [0, 0.05) is 10.9 Å². The maximum atomic E-state index is 5.72. The van der Waals surface area contributed by atoms with E-state index >= 15 is 0 Å². The molecule has 0 N–H and O–H groups in total. The molecule has 0 spiro atoms. The lowest BCUT2D eigenvalue weighted by Crippen LogP contribution is -1.95. The highest BCUT2D eigenvalue weighted by Crippen LogP contribution is 2.37. The van der Waals surface area contributed by atoms with Crippen molar-refractivity contribution in [3.05, 3.63) is 33.8 Å². The van der Waals surface area contributed by atoms with Gasteiger partial charge in [-0.15, -0.1) is 22.9 Å². The second-order valence-electron chi connectivity index (χ2n) is 3.94. The van der Waals surface area contributed by atoms with Crippen LogP contribution in [0.3, 0.4) is 0 Å². The highest BCUT2D eigenvalue weighted by molar-refractivity contribution is 7.10. The number of benzene rings is 1. The van der Waals surface area contributed by atoms with Gasteiger partial charge in [-0.25, -0.2) is 4.98 Å². The molecule has 2 rings (SSSR count). The zero-order chi connectivity index (χ0) is 15.2. The van der Waals surface area contributed by atoms with Crippen LogP contribution in [0.25, 0.3) is 0 Å². The number of nitrogens with zero attached hydrogens (tertiary/aromatic N) is 1. The van der Waals surface area contributed by atoms with Crippen molar-refractivity contribution in [2.24, 2.45) is 0 Å². The Bertz CT molecular complexity index is 663. The van der Waals surface area contributed by atoms with Gasteiger partial charge < -0.3 is 14.2 Å². The Morgan fingerprint density at radius 2 is 1.76 bits per heavy atom. The third-order valence-corrected chi connectivity index (χ3v) is 3.75. The first kappa shape index (κ1) is 15.5. The lowest BCUT2D eigenvalue weighted by atomic mass is 10.2. The molecule has 0 saturated carbocycles. The second kappa shape index (κ2) is 7.21. The quantitative estimate of drug-likeness (QED) is 0.639. The van der Waals surface area contributed by atoms with Crippen LogP contribution in [-0.4, -0.2) is 26.3 Å². The van der Waals surface area contributed by atoms with E-state index in [2.05, 4.69) is 16.8 Å². The normalized spacial score (nSPS) is 9.71. The maximum Gasteiger partial charge on any atom is 0.203 e. The predicted octanol–water partition coefficient (Wildman–Crippen LogP) is 3.31. The maximum absolute atomic E-state index is 5.72. The smallest absolute Gasteiger partial charge is 0.203 e. The van der Waals surface area contributed by atoms with Gasteiger partial charge >= 0.3 is 0 Å². The van der Waals surface area contributed by atoms with E-state index in [9.17, 15) is 0 Å². The lowest BCUT2D eigenvalue weighted by Gasteiger charge is -2.12. The van der Waals surface area contributed by atoms with Gasteiger partial charge in [-0.1, -0.05) is 5.92 Å². The van der Waals surface area contributed by atoms with E-state index in [4.69, 9.17) is 25.8 Å². The summed E-state index contributed by atoms with van der Waals surface area (Å²) >= 11 is 7.18. The van der Waals surface area contributed by atoms with E-state index in [1.54, 1.807) is 33.5 Å². The van der Waals surface area contributed by atoms with Crippen LogP contribution in [0.2, 0.25) is 0 Å². The number of hydrogen-bond acceptors (Lipinski definition) is 5. The lowest BCUT2D eigenvalue weighted by molar-refractivity contribution is 0.324. The van der Waals surface area contributed by atoms with Crippen LogP contribution in [0.4, 0.5) is 0 Å². The number of aromatic nitrogens is 1. The van der Waals surface area contributed by atoms with Crippen molar-refractivity contribution in [3.63, 3.8) is 0 Å². The molecule has 0 aliphatic rings. The molecule has 1 heterocycles. The molecule has 0 amide bonds. The first-order valence-electron chi connectivity index (χ1n) is 6.04. The molecule has 0 fully saturated rings. The van der Waals surface area contributed by atoms with Crippen molar-refractivity contribution in [2.75, 3.05) is 21.3 Å². The van der Waals surface area contributed by atoms with Crippen molar-refractivity contribution in [1.82, 2.24) is 4.98 Å². The molecule has 0 aliphatic carbocycles. The van der Waals surface area contributed by atoms with Gasteiger partial charge in [0.15, 0.2) is 16.5 Å². The second-order valence-corrected chi connectivity index (χ2v) is 5.07. The number of methoxy groups -OCH3 is 3. The minimum atomic E-state index is 0.391. The first-order chi connectivity index (χ1) is 10.2. The van der Waals surface area contributed by atoms with E-state index in [1.807, 2.05) is 5.38 Å². The Labute approximate surface area is 132 Å². The van der Waals surface area contributed by atoms with Gasteiger partial charge in [0.1, 0.15) is 0 Å². The predicted molar refractivity (Wildman–Crippen MR) is 83.7 cm³/mol. The number of rotatable bonds is 4. The summed E-state index contributed by atoms with van der Waals surface area (Å²) in [6.45, 7) is 0. The largest absolute Gasteiger partial charge is 0.493 e. The van der Waals surface area contributed by atoms with Crippen LogP contribution >= 0.6 is 22.9 Å². The van der Waals surface area contributed by atoms with E-state index < -0.39 is 0 Å². The molecule has 4 nitrogen and oxygen atoms in total. The summed E-state index contributed by atoms with van der Waals surface area (Å²) in [4.78, 5) is 4.29. The highest BCUT2D eigenvalue weighted by atomic mass is 35.5. The Morgan fingerprint density at radius 3 is 2.24 bits per heavy atom. The fourth-order valence-corrected chi connectivity index (χ4v) is 2.60. The van der Waals surface area contributed by atoms with Gasteiger partial charge in [0.2, 0.25) is 5.75 Å². The van der Waals surface area contributed by atoms with E-state index in [1.165, 1.54) is 11.3 Å². The summed E-state index contributed by atoms with van der Waals surface area (Å²) in [6.07, 6.45) is 0. The topological polar surface area (TPSA) is 40.6 Å². The molecule has 110 valence electrons. The van der Waals surface area contributed by atoms with Crippen LogP contribution < -0.4 is 14.2 Å². The molecule has 0 bridgehead atoms. The molecular formula is C15H14ClNO3S. The van der Waals surface area contributed by atoms with Crippen molar-refractivity contribution < 1.29 is 14.2 Å². The molecule has 0 radical (unpaired) electrons. The highest BCUT2D eigenvalue weighted by Gasteiger charge is 2.12. The fraction of sp³-hybridized carbons (Fsp3) is 0.267. The van der Waals surface area contributed by atoms with Gasteiger partial charge in [-0.3, -0.25) is 0 Å². The van der Waals surface area contributed by atoms with Crippen molar-refractivity contribution >= 4 is 22.9 Å². The Kier molecular flexibility index (Phi) is 5.32. The third kappa shape index (κ3) is 3.60. The van der Waals surface area contributed by atoms with Gasteiger partial charge in [0.25, 0.3) is 0 Å². The summed E-state index contributed by atoms with van der Waals surface area (Å²) in [7, 11) is 4.71. The zero-order valence-corrected chi connectivity index (χ0v) is 13.5. The van der Waals surface area contributed by atoms with Gasteiger partial charge in [-0.2, -0.15) is 0 Å². The van der Waals surface area contributed by atoms with Crippen molar-refractivity contribution in [2.45, 2.75) is 5.88 Å². The van der Waals surface area contributed by atoms with Crippen LogP contribution in [0.15, 0.2) is 17.5 Å². The van der Waals surface area contributed by atoms with Gasteiger partial charge in [-0.05, 0) is 18.1 Å². The minimum absolute atomic E-state index is 0.391. The SMILES string of the molecule is COc1cc(C#Cc2nc(CCl)cs2)cc(OC)c1OC. The number of hydrogen-bond donors (Lipinski definition) is 0. The molecule has 21 heavy (non-hydrogen) atoms. The standard InChI is InChI=1S/C15H14ClNO3S/c1-18-12-6-10(7-13(19-2)15(12)20-3)4-5-14-17-11(8-16)9-21-14/h6-7,9H,8H2,1-3H3. The summed E-state index contributed by atoms with van der Waals surface area (Å²) in [5.41, 5.74) is 1.59. The van der Waals surface area contributed by atoms with Gasteiger partial charge in [0.05, 0.1) is 32.9 Å². The Balaban J connectivity index is 2.36.